The van der Waals surface area contributed by atoms with Crippen molar-refractivity contribution in [2.75, 3.05) is 0 Å². The maximum atomic E-state index is 2.53. The molecule has 0 heterocycles. The Hall–Kier alpha value is -8.06. The fourth-order valence-corrected chi connectivity index (χ4v) is 12.0. The first-order valence-electron chi connectivity index (χ1n) is 21.8. The van der Waals surface area contributed by atoms with Crippen molar-refractivity contribution in [1.82, 2.24) is 0 Å². The molecule has 0 bridgehead atoms. The minimum Gasteiger partial charge on any atom is -0.0622 e. The third kappa shape index (κ3) is 4.12. The molecule has 0 spiro atoms. The highest BCUT2D eigenvalue weighted by molar-refractivity contribution is 6.46. The predicted molar refractivity (Wildman–Crippen MR) is 267 cm³/mol. The summed E-state index contributed by atoms with van der Waals surface area (Å²) in [6.45, 7) is 0. The van der Waals surface area contributed by atoms with Crippen molar-refractivity contribution in [2.45, 2.75) is 0 Å². The highest BCUT2D eigenvalue weighted by Gasteiger charge is 2.27. The average molecular weight is 779 g/mol. The van der Waals surface area contributed by atoms with E-state index in [2.05, 4.69) is 206 Å². The Bertz CT molecular complexity index is 4230. The van der Waals surface area contributed by atoms with Crippen molar-refractivity contribution >= 4 is 97.0 Å². The molecule has 0 N–H and O–H groups in total. The van der Waals surface area contributed by atoms with Crippen LogP contribution in [0.25, 0.3) is 153 Å². The van der Waals surface area contributed by atoms with E-state index in [0.29, 0.717) is 0 Å². The Kier molecular flexibility index (Phi) is 6.24. The molecule has 62 heavy (non-hydrogen) atoms. The van der Waals surface area contributed by atoms with E-state index < -0.39 is 0 Å². The van der Waals surface area contributed by atoms with Crippen LogP contribution < -0.4 is 0 Å². The Morgan fingerprint density at radius 2 is 0.726 bits per heavy atom. The normalized spacial score (nSPS) is 12.5. The zero-order valence-electron chi connectivity index (χ0n) is 33.6. The zero-order valence-corrected chi connectivity index (χ0v) is 33.6. The van der Waals surface area contributed by atoms with Gasteiger partial charge in [0, 0.05) is 0 Å². The first kappa shape index (κ1) is 32.8. The maximum absolute atomic E-state index is 2.53. The van der Waals surface area contributed by atoms with Crippen molar-refractivity contribution in [3.05, 3.63) is 206 Å². The topological polar surface area (TPSA) is 0 Å². The van der Waals surface area contributed by atoms with Gasteiger partial charge in [-0.15, -0.1) is 0 Å². The SMILES string of the molecule is c1ccc(-c2c3cc4c5ccccc5c5cccc(c3c(-c3ccccc3)c3c6cc7ccc(-c8ccc9c(c8)-c8cccc%10cccc-9c8%10)cc7c7cccc(c23)c76)c54)cc1. The molecule has 0 amide bonds. The van der Waals surface area contributed by atoms with E-state index in [4.69, 9.17) is 0 Å². The van der Waals surface area contributed by atoms with Gasteiger partial charge in [-0.2, -0.15) is 0 Å². The summed E-state index contributed by atoms with van der Waals surface area (Å²) < 4.78 is 0. The van der Waals surface area contributed by atoms with Crippen LogP contribution in [0.2, 0.25) is 0 Å². The van der Waals surface area contributed by atoms with Crippen LogP contribution in [-0.2, 0) is 0 Å². The summed E-state index contributed by atoms with van der Waals surface area (Å²) in [5.41, 5.74) is 12.9. The molecule has 14 aromatic rings. The third-order valence-electron chi connectivity index (χ3n) is 14.4. The van der Waals surface area contributed by atoms with Gasteiger partial charge in [0.2, 0.25) is 0 Å². The van der Waals surface area contributed by atoms with Gasteiger partial charge in [-0.25, -0.2) is 0 Å². The Labute approximate surface area is 357 Å². The molecule has 0 saturated carbocycles. The smallest absolute Gasteiger partial charge is 0.000697 e. The molecule has 0 nitrogen and oxygen atoms in total. The Balaban J connectivity index is 1.09. The molecule has 1 aliphatic rings. The van der Waals surface area contributed by atoms with Gasteiger partial charge in [0.15, 0.2) is 0 Å². The van der Waals surface area contributed by atoms with E-state index in [1.807, 2.05) is 0 Å². The summed E-state index contributed by atoms with van der Waals surface area (Å²) >= 11 is 0. The highest BCUT2D eigenvalue weighted by Crippen LogP contribution is 2.56. The standard InChI is InChI=1S/C62H34/c1-3-13-36(14-4-1)56-54-34-52-42-20-8-7-19-41(42)45-23-11-25-48(58(45)52)60(54)57(37-15-5-2-6-16-37)62-53-33-40-28-27-38(31-50(40)46-24-12-26-49(59(46)53)61(56)62)39-29-30-43-44-21-9-17-35-18-10-22-47(55(35)44)51(43)32-39/h1-34H. The summed E-state index contributed by atoms with van der Waals surface area (Å²) in [6.07, 6.45) is 0. The van der Waals surface area contributed by atoms with Gasteiger partial charge < -0.3 is 0 Å². The molecular weight excluding hydrogens is 745 g/mol. The summed E-state index contributed by atoms with van der Waals surface area (Å²) in [4.78, 5) is 0. The number of rotatable bonds is 3. The molecule has 0 saturated heterocycles. The van der Waals surface area contributed by atoms with E-state index in [0.717, 1.165) is 0 Å². The van der Waals surface area contributed by atoms with Crippen molar-refractivity contribution in [1.29, 1.82) is 0 Å². The van der Waals surface area contributed by atoms with Crippen molar-refractivity contribution in [2.24, 2.45) is 0 Å². The van der Waals surface area contributed by atoms with Crippen LogP contribution >= 0.6 is 0 Å². The molecule has 0 radical (unpaired) electrons. The average Bonchev–Trinajstić information content (AvgIpc) is 3.96. The molecule has 282 valence electrons. The summed E-state index contributed by atoms with van der Waals surface area (Å²) in [6, 6.07) is 78.0. The van der Waals surface area contributed by atoms with Crippen LogP contribution in [0.3, 0.4) is 0 Å². The van der Waals surface area contributed by atoms with Gasteiger partial charge >= 0.3 is 0 Å². The highest BCUT2D eigenvalue weighted by atomic mass is 14.3. The quantitative estimate of drug-likeness (QED) is 0.157. The van der Waals surface area contributed by atoms with E-state index in [-0.39, 0.29) is 0 Å². The number of hydrogen-bond donors (Lipinski definition) is 0. The fraction of sp³-hybridized carbons (Fsp3) is 0. The van der Waals surface area contributed by atoms with Crippen LogP contribution in [0.4, 0.5) is 0 Å². The number of fused-ring (bicyclic) bond motifs is 13. The summed E-state index contributed by atoms with van der Waals surface area (Å²) in [7, 11) is 0. The Morgan fingerprint density at radius 1 is 0.177 bits per heavy atom. The lowest BCUT2D eigenvalue weighted by atomic mass is 9.84. The van der Waals surface area contributed by atoms with E-state index in [1.165, 1.54) is 153 Å². The molecule has 0 heteroatoms. The van der Waals surface area contributed by atoms with Gasteiger partial charge in [-0.1, -0.05) is 182 Å². The molecule has 14 aromatic carbocycles. The van der Waals surface area contributed by atoms with Gasteiger partial charge in [0.1, 0.15) is 0 Å². The van der Waals surface area contributed by atoms with E-state index in [9.17, 15) is 0 Å². The molecule has 0 aromatic heterocycles. The van der Waals surface area contributed by atoms with Gasteiger partial charge in [-0.05, 0) is 177 Å². The van der Waals surface area contributed by atoms with Crippen molar-refractivity contribution < 1.29 is 0 Å². The van der Waals surface area contributed by atoms with Crippen LogP contribution in [0.1, 0.15) is 0 Å². The second-order valence-corrected chi connectivity index (χ2v) is 17.4. The number of benzene rings is 12. The maximum Gasteiger partial charge on any atom is -0.000697 e. The van der Waals surface area contributed by atoms with Crippen LogP contribution in [0, 0.1) is 0 Å². The minimum atomic E-state index is 1.24. The van der Waals surface area contributed by atoms with Crippen LogP contribution in [0.15, 0.2) is 206 Å². The predicted octanol–water partition coefficient (Wildman–Crippen LogP) is 17.6. The zero-order chi connectivity index (χ0) is 40.2. The van der Waals surface area contributed by atoms with Gasteiger partial charge in [0.25, 0.3) is 0 Å². The first-order chi connectivity index (χ1) is 30.8. The molecule has 1 aliphatic carbocycles. The third-order valence-corrected chi connectivity index (χ3v) is 14.4. The largest absolute Gasteiger partial charge is 0.0622 e. The van der Waals surface area contributed by atoms with Crippen LogP contribution in [-0.4, -0.2) is 0 Å². The minimum absolute atomic E-state index is 1.24. The molecule has 0 fully saturated rings. The lowest BCUT2D eigenvalue weighted by molar-refractivity contribution is 1.65. The van der Waals surface area contributed by atoms with E-state index >= 15 is 0 Å². The van der Waals surface area contributed by atoms with E-state index in [1.54, 1.807) is 0 Å². The lowest BCUT2D eigenvalue weighted by Crippen LogP contribution is -1.91. The first-order valence-corrected chi connectivity index (χ1v) is 21.8. The van der Waals surface area contributed by atoms with Crippen LogP contribution in [0.5, 0.6) is 0 Å². The molecule has 0 atom stereocenters. The summed E-state index contributed by atoms with van der Waals surface area (Å²) in [5.74, 6) is 0. The molecule has 0 aliphatic heterocycles. The van der Waals surface area contributed by atoms with Gasteiger partial charge in [-0.3, -0.25) is 0 Å². The Morgan fingerprint density at radius 3 is 1.48 bits per heavy atom. The second kappa shape index (κ2) is 11.8. The van der Waals surface area contributed by atoms with Crippen molar-refractivity contribution in [3.8, 4) is 55.6 Å². The fourth-order valence-electron chi connectivity index (χ4n) is 12.0. The molecular formula is C62H34. The van der Waals surface area contributed by atoms with Gasteiger partial charge in [0.05, 0.1) is 0 Å². The molecule has 15 rings (SSSR count). The molecule has 0 unspecified atom stereocenters. The second-order valence-electron chi connectivity index (χ2n) is 17.4. The monoisotopic (exact) mass is 778 g/mol. The lowest BCUT2D eigenvalue weighted by Gasteiger charge is -2.19. The number of hydrogen-bond acceptors (Lipinski definition) is 0. The summed E-state index contributed by atoms with van der Waals surface area (Å²) in [5, 5.41) is 23.8. The van der Waals surface area contributed by atoms with Crippen molar-refractivity contribution in [3.63, 3.8) is 0 Å².